The monoisotopic (exact) mass is 308 g/mol. The Morgan fingerprint density at radius 3 is 2.77 bits per heavy atom. The number of amides is 1. The first-order chi connectivity index (χ1) is 10.6. The van der Waals surface area contributed by atoms with Crippen LogP contribution in [0.15, 0.2) is 22.8 Å². The standard InChI is InChI=1S/C16H24N2O4/c1-3-21-16(20)15(19)17-11-13(14-5-4-10-22-14)18-8-6-12(2)7-9-18/h4-5,10,12-13H,3,6-9,11H2,1-2H3,(H,17,19). The number of likely N-dealkylation sites (tertiary alicyclic amines) is 1. The molecule has 1 aromatic rings. The average Bonchev–Trinajstić information content (AvgIpc) is 3.03. The number of esters is 1. The topological polar surface area (TPSA) is 71.8 Å². The minimum absolute atomic E-state index is 0.0547. The molecule has 0 radical (unpaired) electrons. The molecule has 0 spiro atoms. The van der Waals surface area contributed by atoms with Crippen LogP contribution in [0.5, 0.6) is 0 Å². The number of furan rings is 1. The zero-order valence-electron chi connectivity index (χ0n) is 13.2. The molecule has 0 bridgehead atoms. The first-order valence-corrected chi connectivity index (χ1v) is 7.84. The number of hydrogen-bond donors (Lipinski definition) is 1. The van der Waals surface area contributed by atoms with Crippen molar-refractivity contribution in [1.82, 2.24) is 10.2 Å². The van der Waals surface area contributed by atoms with Crippen LogP contribution in [0.1, 0.15) is 38.5 Å². The number of nitrogens with zero attached hydrogens (tertiary/aromatic N) is 1. The van der Waals surface area contributed by atoms with E-state index in [0.29, 0.717) is 6.54 Å². The van der Waals surface area contributed by atoms with Gasteiger partial charge in [-0.1, -0.05) is 6.92 Å². The first kappa shape index (κ1) is 16.5. The summed E-state index contributed by atoms with van der Waals surface area (Å²) in [5.74, 6) is -0.0157. The maximum atomic E-state index is 11.7. The summed E-state index contributed by atoms with van der Waals surface area (Å²) in [6.07, 6.45) is 3.88. The summed E-state index contributed by atoms with van der Waals surface area (Å²) in [5, 5.41) is 2.65. The minimum Gasteiger partial charge on any atom is -0.468 e. The quantitative estimate of drug-likeness (QED) is 0.662. The van der Waals surface area contributed by atoms with Crippen molar-refractivity contribution in [1.29, 1.82) is 0 Å². The molecule has 22 heavy (non-hydrogen) atoms. The number of hydrogen-bond acceptors (Lipinski definition) is 5. The van der Waals surface area contributed by atoms with Crippen molar-refractivity contribution in [3.8, 4) is 0 Å². The summed E-state index contributed by atoms with van der Waals surface area (Å²) >= 11 is 0. The Kier molecular flexibility index (Phi) is 6.00. The molecule has 1 N–H and O–H groups in total. The van der Waals surface area contributed by atoms with Crippen molar-refractivity contribution in [3.05, 3.63) is 24.2 Å². The maximum absolute atomic E-state index is 11.7. The summed E-state index contributed by atoms with van der Waals surface area (Å²) in [5.41, 5.74) is 0. The van der Waals surface area contributed by atoms with Gasteiger partial charge in [-0.25, -0.2) is 4.79 Å². The lowest BCUT2D eigenvalue weighted by atomic mass is 9.97. The van der Waals surface area contributed by atoms with Gasteiger partial charge in [0, 0.05) is 6.54 Å². The third kappa shape index (κ3) is 4.34. The second-order valence-electron chi connectivity index (χ2n) is 5.68. The number of carbonyl (C=O) groups excluding carboxylic acids is 2. The molecular formula is C16H24N2O4. The lowest BCUT2D eigenvalue weighted by molar-refractivity contribution is -0.154. The molecule has 1 saturated heterocycles. The molecule has 1 unspecified atom stereocenters. The summed E-state index contributed by atoms with van der Waals surface area (Å²) in [6.45, 7) is 6.37. The normalized spacial score (nSPS) is 17.9. The maximum Gasteiger partial charge on any atom is 0.396 e. The molecule has 1 fully saturated rings. The Morgan fingerprint density at radius 1 is 1.45 bits per heavy atom. The van der Waals surface area contributed by atoms with Gasteiger partial charge in [0.2, 0.25) is 0 Å². The summed E-state index contributed by atoms with van der Waals surface area (Å²) in [4.78, 5) is 25.4. The predicted octanol–water partition coefficient (Wildman–Crippen LogP) is 1.73. The molecule has 0 aromatic carbocycles. The van der Waals surface area contributed by atoms with Crippen LogP contribution >= 0.6 is 0 Å². The van der Waals surface area contributed by atoms with Gasteiger partial charge in [0.1, 0.15) is 5.76 Å². The highest BCUT2D eigenvalue weighted by atomic mass is 16.5. The average molecular weight is 308 g/mol. The van der Waals surface area contributed by atoms with Gasteiger partial charge in [0.15, 0.2) is 0 Å². The van der Waals surface area contributed by atoms with Gasteiger partial charge in [-0.15, -0.1) is 0 Å². The fraction of sp³-hybridized carbons (Fsp3) is 0.625. The van der Waals surface area contributed by atoms with Gasteiger partial charge in [-0.05, 0) is 50.9 Å². The smallest absolute Gasteiger partial charge is 0.396 e. The van der Waals surface area contributed by atoms with Crippen LogP contribution in [0.25, 0.3) is 0 Å². The lowest BCUT2D eigenvalue weighted by Gasteiger charge is -2.35. The zero-order chi connectivity index (χ0) is 15.9. The van der Waals surface area contributed by atoms with Crippen LogP contribution in [-0.4, -0.2) is 43.0 Å². The highest BCUT2D eigenvalue weighted by Crippen LogP contribution is 2.26. The Morgan fingerprint density at radius 2 is 2.18 bits per heavy atom. The van der Waals surface area contributed by atoms with Gasteiger partial charge in [-0.2, -0.15) is 0 Å². The summed E-state index contributed by atoms with van der Waals surface area (Å²) in [7, 11) is 0. The molecule has 6 nitrogen and oxygen atoms in total. The Hall–Kier alpha value is -1.82. The van der Waals surface area contributed by atoms with E-state index in [-0.39, 0.29) is 12.6 Å². The first-order valence-electron chi connectivity index (χ1n) is 7.84. The van der Waals surface area contributed by atoms with E-state index in [9.17, 15) is 9.59 Å². The molecule has 6 heteroatoms. The number of nitrogens with one attached hydrogen (secondary N) is 1. The molecule has 0 aliphatic carbocycles. The third-order valence-corrected chi connectivity index (χ3v) is 4.05. The molecular weight excluding hydrogens is 284 g/mol. The lowest BCUT2D eigenvalue weighted by Crippen LogP contribution is -2.43. The van der Waals surface area contributed by atoms with E-state index in [1.165, 1.54) is 0 Å². The number of rotatable bonds is 5. The molecule has 1 amide bonds. The van der Waals surface area contributed by atoms with Gasteiger partial charge in [0.05, 0.1) is 18.9 Å². The molecule has 2 heterocycles. The van der Waals surface area contributed by atoms with E-state index in [0.717, 1.165) is 37.6 Å². The van der Waals surface area contributed by atoms with Gasteiger partial charge < -0.3 is 14.5 Å². The van der Waals surface area contributed by atoms with Crippen LogP contribution in [0.4, 0.5) is 0 Å². The van der Waals surface area contributed by atoms with Crippen molar-refractivity contribution in [2.75, 3.05) is 26.2 Å². The number of carbonyl (C=O) groups is 2. The van der Waals surface area contributed by atoms with Crippen LogP contribution in [-0.2, 0) is 14.3 Å². The van der Waals surface area contributed by atoms with Crippen LogP contribution < -0.4 is 5.32 Å². The van der Waals surface area contributed by atoms with Gasteiger partial charge in [-0.3, -0.25) is 9.69 Å². The van der Waals surface area contributed by atoms with Crippen molar-refractivity contribution in [2.45, 2.75) is 32.7 Å². The van der Waals surface area contributed by atoms with E-state index in [2.05, 4.69) is 17.1 Å². The predicted molar refractivity (Wildman–Crippen MR) is 81.1 cm³/mol. The second-order valence-corrected chi connectivity index (χ2v) is 5.68. The van der Waals surface area contributed by atoms with Crippen LogP contribution in [0, 0.1) is 5.92 Å². The van der Waals surface area contributed by atoms with Crippen molar-refractivity contribution < 1.29 is 18.7 Å². The highest BCUT2D eigenvalue weighted by Gasteiger charge is 2.27. The Bertz CT molecular complexity index is 478. The molecule has 0 saturated carbocycles. The van der Waals surface area contributed by atoms with Crippen LogP contribution in [0.2, 0.25) is 0 Å². The third-order valence-electron chi connectivity index (χ3n) is 4.05. The number of piperidine rings is 1. The fourth-order valence-corrected chi connectivity index (χ4v) is 2.69. The van der Waals surface area contributed by atoms with Crippen molar-refractivity contribution in [2.24, 2.45) is 5.92 Å². The van der Waals surface area contributed by atoms with Crippen molar-refractivity contribution >= 4 is 11.9 Å². The summed E-state index contributed by atoms with van der Waals surface area (Å²) in [6, 6.07) is 3.68. The van der Waals surface area contributed by atoms with E-state index in [1.807, 2.05) is 12.1 Å². The molecule has 1 aliphatic heterocycles. The molecule has 1 aliphatic rings. The molecule has 122 valence electrons. The fourth-order valence-electron chi connectivity index (χ4n) is 2.69. The SMILES string of the molecule is CCOC(=O)C(=O)NCC(c1ccco1)N1CCC(C)CC1. The Balaban J connectivity index is 1.97. The number of ether oxygens (including phenoxy) is 1. The van der Waals surface area contributed by atoms with E-state index >= 15 is 0 Å². The van der Waals surface area contributed by atoms with E-state index in [4.69, 9.17) is 9.15 Å². The zero-order valence-corrected chi connectivity index (χ0v) is 13.2. The van der Waals surface area contributed by atoms with Gasteiger partial charge in [0.25, 0.3) is 0 Å². The van der Waals surface area contributed by atoms with E-state index < -0.39 is 11.9 Å². The molecule has 2 rings (SSSR count). The molecule has 1 atom stereocenters. The molecule has 1 aromatic heterocycles. The largest absolute Gasteiger partial charge is 0.468 e. The Labute approximate surface area is 130 Å². The van der Waals surface area contributed by atoms with Crippen LogP contribution in [0.3, 0.4) is 0 Å². The minimum atomic E-state index is -0.840. The highest BCUT2D eigenvalue weighted by molar-refractivity contribution is 6.32. The second kappa shape index (κ2) is 7.98. The van der Waals surface area contributed by atoms with E-state index in [1.54, 1.807) is 13.2 Å². The van der Waals surface area contributed by atoms with Gasteiger partial charge >= 0.3 is 11.9 Å². The van der Waals surface area contributed by atoms with Crippen molar-refractivity contribution in [3.63, 3.8) is 0 Å². The summed E-state index contributed by atoms with van der Waals surface area (Å²) < 4.78 is 10.2.